The van der Waals surface area contributed by atoms with E-state index in [2.05, 4.69) is 15.3 Å². The maximum Gasteiger partial charge on any atom is 0.318 e. The van der Waals surface area contributed by atoms with Crippen LogP contribution < -0.4 is 19.5 Å². The van der Waals surface area contributed by atoms with Gasteiger partial charge in [0, 0.05) is 23.7 Å². The first kappa shape index (κ1) is 20.1. The molecule has 0 unspecified atom stereocenters. The number of benzene rings is 2. The zero-order chi connectivity index (χ0) is 20.6. The summed E-state index contributed by atoms with van der Waals surface area (Å²) in [5.41, 5.74) is 3.19. The summed E-state index contributed by atoms with van der Waals surface area (Å²) < 4.78 is 15.8. The molecule has 7 heteroatoms. The average Bonchev–Trinajstić information content (AvgIpc) is 2.78. The molecule has 0 aliphatic rings. The lowest BCUT2D eigenvalue weighted by Gasteiger charge is -2.11. The first-order valence-electron chi connectivity index (χ1n) is 9.10. The molecule has 0 saturated carbocycles. The number of rotatable bonds is 9. The van der Waals surface area contributed by atoms with Crippen LogP contribution in [0.3, 0.4) is 0 Å². The first-order valence-corrected chi connectivity index (χ1v) is 9.10. The van der Waals surface area contributed by atoms with E-state index < -0.39 is 0 Å². The number of nitrogens with zero attached hydrogens (tertiary/aromatic N) is 2. The average molecular weight is 393 g/mol. The van der Waals surface area contributed by atoms with Gasteiger partial charge in [-0.15, -0.1) is 0 Å². The molecular weight excluding hydrogens is 370 g/mol. The summed E-state index contributed by atoms with van der Waals surface area (Å²) in [5, 5.41) is 3.30. The van der Waals surface area contributed by atoms with E-state index in [0.29, 0.717) is 35.1 Å². The van der Waals surface area contributed by atoms with E-state index in [-0.39, 0.29) is 6.01 Å². The lowest BCUT2D eigenvalue weighted by Crippen LogP contribution is -2.08. The highest BCUT2D eigenvalue weighted by Gasteiger charge is 2.09. The molecule has 3 aromatic rings. The minimum Gasteiger partial charge on any atom is -0.493 e. The molecule has 0 spiro atoms. The number of carbonyl (C=O) groups is 1. The van der Waals surface area contributed by atoms with Crippen molar-refractivity contribution < 1.29 is 19.0 Å². The number of hydrogen-bond donors (Lipinski definition) is 1. The molecule has 7 nitrogen and oxygen atoms in total. The van der Waals surface area contributed by atoms with Crippen LogP contribution in [0.2, 0.25) is 0 Å². The van der Waals surface area contributed by atoms with Crippen molar-refractivity contribution in [2.75, 3.05) is 33.2 Å². The predicted molar refractivity (Wildman–Crippen MR) is 111 cm³/mol. The fourth-order valence-corrected chi connectivity index (χ4v) is 2.90. The molecule has 2 aromatic carbocycles. The van der Waals surface area contributed by atoms with Crippen LogP contribution in [-0.2, 0) is 6.42 Å². The number of aldehydes is 1. The van der Waals surface area contributed by atoms with Crippen LogP contribution in [0.25, 0.3) is 11.3 Å². The number of anilines is 1. The van der Waals surface area contributed by atoms with Crippen LogP contribution in [0.1, 0.15) is 15.9 Å². The van der Waals surface area contributed by atoms with Crippen molar-refractivity contribution in [1.82, 2.24) is 9.97 Å². The summed E-state index contributed by atoms with van der Waals surface area (Å²) in [5.74, 6) is 2.04. The van der Waals surface area contributed by atoms with Crippen molar-refractivity contribution in [2.45, 2.75) is 6.42 Å². The molecule has 0 amide bonds. The molecular formula is C22H23N3O4. The number of ether oxygens (including phenoxy) is 3. The second-order valence-electron chi connectivity index (χ2n) is 6.23. The molecule has 1 aromatic heterocycles. The van der Waals surface area contributed by atoms with E-state index in [1.165, 1.54) is 7.11 Å². The van der Waals surface area contributed by atoms with E-state index in [0.717, 1.165) is 23.8 Å². The van der Waals surface area contributed by atoms with Crippen LogP contribution in [0.5, 0.6) is 17.5 Å². The predicted octanol–water partition coefficient (Wildman–Crippen LogP) is 3.64. The Bertz CT molecular complexity index is 992. The monoisotopic (exact) mass is 393 g/mol. The Kier molecular flexibility index (Phi) is 6.63. The second kappa shape index (κ2) is 9.54. The number of aromatic nitrogens is 2. The van der Waals surface area contributed by atoms with Crippen molar-refractivity contribution in [3.05, 3.63) is 59.7 Å². The van der Waals surface area contributed by atoms with E-state index in [4.69, 9.17) is 14.2 Å². The number of nitrogens with one attached hydrogen (secondary N) is 1. The van der Waals surface area contributed by atoms with Gasteiger partial charge in [0.25, 0.3) is 0 Å². The van der Waals surface area contributed by atoms with E-state index >= 15 is 0 Å². The minimum absolute atomic E-state index is 0.257. The normalized spacial score (nSPS) is 10.3. The van der Waals surface area contributed by atoms with Gasteiger partial charge in [-0.05, 0) is 30.2 Å². The number of methoxy groups -OCH3 is 3. The Labute approximate surface area is 169 Å². The largest absolute Gasteiger partial charge is 0.493 e. The van der Waals surface area contributed by atoms with Crippen LogP contribution >= 0.6 is 0 Å². The highest BCUT2D eigenvalue weighted by molar-refractivity contribution is 5.78. The zero-order valence-corrected chi connectivity index (χ0v) is 16.6. The lowest BCUT2D eigenvalue weighted by atomic mass is 10.1. The van der Waals surface area contributed by atoms with Crippen molar-refractivity contribution in [3.63, 3.8) is 0 Å². The molecule has 0 saturated heterocycles. The third-order valence-electron chi connectivity index (χ3n) is 4.37. The summed E-state index contributed by atoms with van der Waals surface area (Å²) >= 11 is 0. The Balaban J connectivity index is 1.74. The van der Waals surface area contributed by atoms with Gasteiger partial charge in [-0.1, -0.05) is 24.3 Å². The SMILES string of the molecule is COc1nc(NCCc2ccc(OC)c(OC)c2)cc(-c2cccc(C=O)c2)n1. The van der Waals surface area contributed by atoms with Crippen LogP contribution in [0.4, 0.5) is 5.82 Å². The molecule has 0 aliphatic carbocycles. The second-order valence-corrected chi connectivity index (χ2v) is 6.23. The first-order chi connectivity index (χ1) is 14.2. The lowest BCUT2D eigenvalue weighted by molar-refractivity contribution is 0.112. The van der Waals surface area contributed by atoms with Gasteiger partial charge in [-0.2, -0.15) is 9.97 Å². The molecule has 150 valence electrons. The fraction of sp³-hybridized carbons (Fsp3) is 0.227. The molecule has 0 radical (unpaired) electrons. The molecule has 0 fully saturated rings. The number of carbonyl (C=O) groups excluding carboxylic acids is 1. The highest BCUT2D eigenvalue weighted by atomic mass is 16.5. The number of hydrogen-bond acceptors (Lipinski definition) is 7. The van der Waals surface area contributed by atoms with Crippen LogP contribution in [-0.4, -0.2) is 44.1 Å². The Morgan fingerprint density at radius 3 is 2.48 bits per heavy atom. The van der Waals surface area contributed by atoms with E-state index in [1.54, 1.807) is 26.4 Å². The van der Waals surface area contributed by atoms with Gasteiger partial charge in [0.15, 0.2) is 11.5 Å². The quantitative estimate of drug-likeness (QED) is 0.556. The summed E-state index contributed by atoms with van der Waals surface area (Å²) in [4.78, 5) is 19.8. The van der Waals surface area contributed by atoms with Crippen LogP contribution in [0, 0.1) is 0 Å². The molecule has 3 rings (SSSR count). The van der Waals surface area contributed by atoms with Crippen molar-refractivity contribution >= 4 is 12.1 Å². The van der Waals surface area contributed by atoms with Crippen molar-refractivity contribution in [2.24, 2.45) is 0 Å². The Hall–Kier alpha value is -3.61. The van der Waals surface area contributed by atoms with Gasteiger partial charge >= 0.3 is 6.01 Å². The highest BCUT2D eigenvalue weighted by Crippen LogP contribution is 2.28. The summed E-state index contributed by atoms with van der Waals surface area (Å²) in [6, 6.07) is 15.2. The van der Waals surface area contributed by atoms with Gasteiger partial charge in [0.1, 0.15) is 12.1 Å². The summed E-state index contributed by atoms with van der Waals surface area (Å²) in [7, 11) is 4.76. The third kappa shape index (κ3) is 5.01. The maximum atomic E-state index is 11.1. The molecule has 0 atom stereocenters. The molecule has 1 N–H and O–H groups in total. The summed E-state index contributed by atoms with van der Waals surface area (Å²) in [6.07, 6.45) is 1.58. The van der Waals surface area contributed by atoms with Crippen LogP contribution in [0.15, 0.2) is 48.5 Å². The fourth-order valence-electron chi connectivity index (χ4n) is 2.90. The van der Waals surface area contributed by atoms with Gasteiger partial charge in [0.2, 0.25) is 0 Å². The standard InChI is InChI=1S/C22H23N3O4/c1-27-19-8-7-15(12-20(19)28-2)9-10-23-21-13-18(24-22(25-21)29-3)17-6-4-5-16(11-17)14-26/h4-8,11-14H,9-10H2,1-3H3,(H,23,24,25). The van der Waals surface area contributed by atoms with Gasteiger partial charge in [-0.25, -0.2) is 0 Å². The van der Waals surface area contributed by atoms with Crippen molar-refractivity contribution in [3.8, 4) is 28.8 Å². The topological polar surface area (TPSA) is 82.6 Å². The van der Waals surface area contributed by atoms with Gasteiger partial charge in [-0.3, -0.25) is 4.79 Å². The Morgan fingerprint density at radius 1 is 0.931 bits per heavy atom. The van der Waals surface area contributed by atoms with E-state index in [9.17, 15) is 4.79 Å². The minimum atomic E-state index is 0.257. The molecule has 0 aliphatic heterocycles. The van der Waals surface area contributed by atoms with E-state index in [1.807, 2.05) is 36.4 Å². The van der Waals surface area contributed by atoms with Crippen molar-refractivity contribution in [1.29, 1.82) is 0 Å². The summed E-state index contributed by atoms with van der Waals surface area (Å²) in [6.45, 7) is 0.656. The third-order valence-corrected chi connectivity index (χ3v) is 4.37. The smallest absolute Gasteiger partial charge is 0.318 e. The molecule has 29 heavy (non-hydrogen) atoms. The van der Waals surface area contributed by atoms with Gasteiger partial charge < -0.3 is 19.5 Å². The zero-order valence-electron chi connectivity index (χ0n) is 16.6. The molecule has 1 heterocycles. The Morgan fingerprint density at radius 2 is 1.76 bits per heavy atom. The van der Waals surface area contributed by atoms with Gasteiger partial charge in [0.05, 0.1) is 27.0 Å². The molecule has 0 bridgehead atoms. The maximum absolute atomic E-state index is 11.1.